The second-order valence-electron chi connectivity index (χ2n) is 6.85. The zero-order valence-corrected chi connectivity index (χ0v) is 16.7. The van der Waals surface area contributed by atoms with Crippen molar-refractivity contribution in [3.8, 4) is 0 Å². The Bertz CT molecular complexity index is 747. The van der Waals surface area contributed by atoms with Gasteiger partial charge in [-0.1, -0.05) is 30.3 Å². The van der Waals surface area contributed by atoms with Crippen LogP contribution in [0.5, 0.6) is 0 Å². The smallest absolute Gasteiger partial charge is 0.409 e. The van der Waals surface area contributed by atoms with E-state index >= 15 is 0 Å². The lowest BCUT2D eigenvalue weighted by molar-refractivity contribution is 0.0983. The number of hydrogen-bond acceptors (Lipinski definition) is 6. The number of aromatic nitrogens is 2. The fourth-order valence-electron chi connectivity index (χ4n) is 3.34. The number of carbonyl (C=O) groups excluding carboxylic acids is 1. The van der Waals surface area contributed by atoms with Crippen LogP contribution in [0.3, 0.4) is 0 Å². The number of ether oxygens (including phenoxy) is 1. The Morgan fingerprint density at radius 1 is 1.21 bits per heavy atom. The van der Waals surface area contributed by atoms with E-state index < -0.39 is 0 Å². The third-order valence-corrected chi connectivity index (χ3v) is 4.90. The minimum atomic E-state index is -0.218. The molecule has 1 saturated heterocycles. The zero-order chi connectivity index (χ0) is 19.8. The molecule has 28 heavy (non-hydrogen) atoms. The van der Waals surface area contributed by atoms with E-state index in [1.54, 1.807) is 11.1 Å². The minimum absolute atomic E-state index is 0.218. The number of hydrogen-bond donors (Lipinski definition) is 1. The molecule has 1 aromatic heterocycles. The number of anilines is 2. The third-order valence-electron chi connectivity index (χ3n) is 4.90. The van der Waals surface area contributed by atoms with Crippen LogP contribution >= 0.6 is 0 Å². The van der Waals surface area contributed by atoms with Crippen molar-refractivity contribution in [2.75, 3.05) is 36.5 Å². The van der Waals surface area contributed by atoms with Crippen molar-refractivity contribution in [2.45, 2.75) is 39.3 Å². The summed E-state index contributed by atoms with van der Waals surface area (Å²) in [6, 6.07) is 12.5. The van der Waals surface area contributed by atoms with Crippen LogP contribution in [0.4, 0.5) is 16.6 Å². The van der Waals surface area contributed by atoms with Crippen molar-refractivity contribution >= 4 is 17.9 Å². The van der Waals surface area contributed by atoms with Crippen molar-refractivity contribution in [3.05, 3.63) is 48.2 Å². The van der Waals surface area contributed by atoms with E-state index in [4.69, 9.17) is 9.72 Å². The summed E-state index contributed by atoms with van der Waals surface area (Å²) in [5, 5.41) is 3.50. The van der Waals surface area contributed by atoms with E-state index in [1.807, 2.05) is 31.2 Å². The van der Waals surface area contributed by atoms with Gasteiger partial charge >= 0.3 is 6.09 Å². The molecule has 1 aromatic carbocycles. The molecule has 1 fully saturated rings. The van der Waals surface area contributed by atoms with Crippen LogP contribution in [0.15, 0.2) is 42.6 Å². The van der Waals surface area contributed by atoms with Crippen LogP contribution in [0.2, 0.25) is 0 Å². The molecule has 2 aromatic rings. The van der Waals surface area contributed by atoms with Crippen molar-refractivity contribution in [1.29, 1.82) is 0 Å². The Hall–Kier alpha value is -2.83. The van der Waals surface area contributed by atoms with Gasteiger partial charge in [0, 0.05) is 38.4 Å². The van der Waals surface area contributed by atoms with E-state index in [2.05, 4.69) is 34.3 Å². The third kappa shape index (κ3) is 5.34. The Balaban J connectivity index is 1.58. The highest BCUT2D eigenvalue weighted by atomic mass is 16.6. The van der Waals surface area contributed by atoms with E-state index in [9.17, 15) is 4.79 Å². The highest BCUT2D eigenvalue weighted by Crippen LogP contribution is 2.18. The summed E-state index contributed by atoms with van der Waals surface area (Å²) < 4.78 is 5.08. The first kappa shape index (κ1) is 19.9. The summed E-state index contributed by atoms with van der Waals surface area (Å²) in [7, 11) is 0. The molecule has 1 N–H and O–H groups in total. The first-order valence-corrected chi connectivity index (χ1v) is 9.99. The Morgan fingerprint density at radius 3 is 2.64 bits per heavy atom. The standard InChI is InChI=1S/C21H29N5O2/c1-3-25(16-17-8-6-5-7-9-17)20-22-13-10-19(24-20)23-18-11-14-26(15-12-18)21(27)28-4-2/h5-10,13,18H,3-4,11-12,14-16H2,1-2H3,(H,22,23,24). The van der Waals surface area contributed by atoms with Gasteiger partial charge in [0.25, 0.3) is 0 Å². The van der Waals surface area contributed by atoms with Gasteiger partial charge in [0.05, 0.1) is 6.61 Å². The number of nitrogens with one attached hydrogen (secondary N) is 1. The molecular formula is C21H29N5O2. The van der Waals surface area contributed by atoms with Gasteiger partial charge in [-0.2, -0.15) is 4.98 Å². The normalized spacial score (nSPS) is 14.6. The first-order chi connectivity index (χ1) is 13.7. The number of nitrogens with zero attached hydrogens (tertiary/aromatic N) is 4. The molecule has 0 atom stereocenters. The summed E-state index contributed by atoms with van der Waals surface area (Å²) in [6.45, 7) is 7.35. The maximum atomic E-state index is 11.8. The predicted molar refractivity (Wildman–Crippen MR) is 110 cm³/mol. The summed E-state index contributed by atoms with van der Waals surface area (Å²) >= 11 is 0. The van der Waals surface area contributed by atoms with E-state index in [-0.39, 0.29) is 12.1 Å². The highest BCUT2D eigenvalue weighted by molar-refractivity contribution is 5.67. The maximum absolute atomic E-state index is 11.8. The summed E-state index contributed by atoms with van der Waals surface area (Å²) in [5.74, 6) is 1.55. The predicted octanol–water partition coefficient (Wildman–Crippen LogP) is 3.54. The first-order valence-electron chi connectivity index (χ1n) is 9.99. The van der Waals surface area contributed by atoms with Crippen LogP contribution in [0.1, 0.15) is 32.3 Å². The lowest BCUT2D eigenvalue weighted by Crippen LogP contribution is -2.42. The van der Waals surface area contributed by atoms with Crippen molar-refractivity contribution < 1.29 is 9.53 Å². The Labute approximate surface area is 166 Å². The van der Waals surface area contributed by atoms with Crippen LogP contribution in [-0.2, 0) is 11.3 Å². The Morgan fingerprint density at radius 2 is 1.96 bits per heavy atom. The van der Waals surface area contributed by atoms with Gasteiger partial charge in [0.1, 0.15) is 5.82 Å². The van der Waals surface area contributed by atoms with E-state index in [0.717, 1.165) is 37.7 Å². The van der Waals surface area contributed by atoms with Crippen LogP contribution in [-0.4, -0.2) is 53.2 Å². The SMILES string of the molecule is CCOC(=O)N1CCC(Nc2ccnc(N(CC)Cc3ccccc3)n2)CC1. The van der Waals surface area contributed by atoms with Crippen molar-refractivity contribution in [3.63, 3.8) is 0 Å². The molecule has 2 heterocycles. The quantitative estimate of drug-likeness (QED) is 0.789. The fourth-order valence-corrected chi connectivity index (χ4v) is 3.34. The molecule has 7 nitrogen and oxygen atoms in total. The molecule has 0 spiro atoms. The summed E-state index contributed by atoms with van der Waals surface area (Å²) in [6.07, 6.45) is 3.33. The van der Waals surface area contributed by atoms with Gasteiger partial charge in [0.2, 0.25) is 5.95 Å². The molecule has 1 amide bonds. The molecule has 1 aliphatic heterocycles. The van der Waals surface area contributed by atoms with Gasteiger partial charge in [-0.25, -0.2) is 9.78 Å². The second kappa shape index (κ2) is 9.92. The highest BCUT2D eigenvalue weighted by Gasteiger charge is 2.23. The number of likely N-dealkylation sites (tertiary alicyclic amines) is 1. The fraction of sp³-hybridized carbons (Fsp3) is 0.476. The number of piperidine rings is 1. The number of amides is 1. The minimum Gasteiger partial charge on any atom is -0.450 e. The molecule has 0 unspecified atom stereocenters. The Kier molecular flexibility index (Phi) is 7.06. The maximum Gasteiger partial charge on any atom is 0.409 e. The molecule has 0 aliphatic carbocycles. The molecular weight excluding hydrogens is 354 g/mol. The second-order valence-corrected chi connectivity index (χ2v) is 6.85. The lowest BCUT2D eigenvalue weighted by Gasteiger charge is -2.32. The van der Waals surface area contributed by atoms with Gasteiger partial charge in [-0.15, -0.1) is 0 Å². The van der Waals surface area contributed by atoms with Gasteiger partial charge in [-0.3, -0.25) is 0 Å². The molecule has 0 saturated carbocycles. The van der Waals surface area contributed by atoms with E-state index in [1.165, 1.54) is 5.56 Å². The molecule has 7 heteroatoms. The average molecular weight is 383 g/mol. The topological polar surface area (TPSA) is 70.6 Å². The lowest BCUT2D eigenvalue weighted by atomic mass is 10.1. The van der Waals surface area contributed by atoms with Crippen LogP contribution in [0.25, 0.3) is 0 Å². The largest absolute Gasteiger partial charge is 0.450 e. The average Bonchev–Trinajstić information content (AvgIpc) is 2.73. The van der Waals surface area contributed by atoms with Gasteiger partial charge < -0.3 is 19.9 Å². The summed E-state index contributed by atoms with van der Waals surface area (Å²) in [4.78, 5) is 24.9. The van der Waals surface area contributed by atoms with Crippen LogP contribution in [0, 0.1) is 0 Å². The molecule has 0 radical (unpaired) electrons. The molecule has 1 aliphatic rings. The molecule has 0 bridgehead atoms. The molecule has 3 rings (SSSR count). The molecule has 150 valence electrons. The number of benzene rings is 1. The number of carbonyl (C=O) groups is 1. The van der Waals surface area contributed by atoms with E-state index in [0.29, 0.717) is 19.7 Å². The summed E-state index contributed by atoms with van der Waals surface area (Å²) in [5.41, 5.74) is 1.23. The van der Waals surface area contributed by atoms with Crippen molar-refractivity contribution in [1.82, 2.24) is 14.9 Å². The van der Waals surface area contributed by atoms with Gasteiger partial charge in [-0.05, 0) is 38.3 Å². The van der Waals surface area contributed by atoms with Gasteiger partial charge in [0.15, 0.2) is 0 Å². The number of rotatable bonds is 7. The monoisotopic (exact) mass is 383 g/mol. The zero-order valence-electron chi connectivity index (χ0n) is 16.7. The van der Waals surface area contributed by atoms with Crippen molar-refractivity contribution in [2.24, 2.45) is 0 Å². The van der Waals surface area contributed by atoms with Crippen LogP contribution < -0.4 is 10.2 Å².